The quantitative estimate of drug-likeness (QED) is 0.878. The summed E-state index contributed by atoms with van der Waals surface area (Å²) in [4.78, 5) is 14.1. The van der Waals surface area contributed by atoms with Crippen LogP contribution in [0.25, 0.3) is 0 Å². The van der Waals surface area contributed by atoms with Gasteiger partial charge in [-0.2, -0.15) is 0 Å². The van der Waals surface area contributed by atoms with Gasteiger partial charge in [0.15, 0.2) is 0 Å². The highest BCUT2D eigenvalue weighted by molar-refractivity contribution is 6.33. The normalized spacial score (nSPS) is 18.5. The summed E-state index contributed by atoms with van der Waals surface area (Å²) in [5.74, 6) is -0.552. The van der Waals surface area contributed by atoms with Gasteiger partial charge in [0, 0.05) is 6.04 Å². The zero-order valence-corrected chi connectivity index (χ0v) is 14.1. The molecule has 2 rings (SSSR count). The van der Waals surface area contributed by atoms with Gasteiger partial charge in [0.05, 0.1) is 17.3 Å². The Labute approximate surface area is 141 Å². The maximum Gasteiger partial charge on any atom is 0.238 e. The fourth-order valence-electron chi connectivity index (χ4n) is 2.58. The van der Waals surface area contributed by atoms with Crippen molar-refractivity contribution < 1.29 is 9.18 Å². The zero-order valence-electron chi connectivity index (χ0n) is 12.6. The van der Waals surface area contributed by atoms with Crippen LogP contribution in [-0.4, -0.2) is 43.5 Å². The number of rotatable bonds is 4. The molecule has 1 aliphatic heterocycles. The number of nitrogens with one attached hydrogen (secondary N) is 2. The summed E-state index contributed by atoms with van der Waals surface area (Å²) in [6, 6.07) is 4.36. The third-order valence-corrected chi connectivity index (χ3v) is 4.08. The molecule has 22 heavy (non-hydrogen) atoms. The van der Waals surface area contributed by atoms with Crippen molar-refractivity contribution in [2.24, 2.45) is 0 Å². The summed E-state index contributed by atoms with van der Waals surface area (Å²) in [6.45, 7) is 2.33. The molecule has 7 heteroatoms. The van der Waals surface area contributed by atoms with E-state index in [1.807, 2.05) is 7.05 Å². The molecule has 1 saturated heterocycles. The second-order valence-electron chi connectivity index (χ2n) is 5.42. The van der Waals surface area contributed by atoms with Crippen molar-refractivity contribution in [3.05, 3.63) is 29.0 Å². The number of amides is 1. The molecule has 1 unspecified atom stereocenters. The standard InChI is InChI=1S/C15H21ClFN3O.ClH/c1-20(12-3-2-7-18-8-6-12)10-15(21)19-14-5-4-11(17)9-13(14)16;/h4-5,9,12,18H,2-3,6-8,10H2,1H3,(H,19,21);1H. The molecule has 1 aromatic rings. The minimum Gasteiger partial charge on any atom is -0.324 e. The topological polar surface area (TPSA) is 44.4 Å². The second kappa shape index (κ2) is 9.30. The van der Waals surface area contributed by atoms with Gasteiger partial charge in [-0.15, -0.1) is 12.4 Å². The van der Waals surface area contributed by atoms with Gasteiger partial charge in [0.25, 0.3) is 0 Å². The molecule has 124 valence electrons. The zero-order chi connectivity index (χ0) is 15.2. The van der Waals surface area contributed by atoms with Crippen LogP contribution < -0.4 is 10.6 Å². The molecule has 0 spiro atoms. The Morgan fingerprint density at radius 2 is 2.23 bits per heavy atom. The highest BCUT2D eigenvalue weighted by Gasteiger charge is 2.19. The molecular weight excluding hydrogens is 328 g/mol. The number of hydrogen-bond donors (Lipinski definition) is 2. The lowest BCUT2D eigenvalue weighted by Gasteiger charge is -2.26. The molecule has 1 aliphatic rings. The third-order valence-electron chi connectivity index (χ3n) is 3.77. The Balaban J connectivity index is 0.00000242. The monoisotopic (exact) mass is 349 g/mol. The highest BCUT2D eigenvalue weighted by atomic mass is 35.5. The van der Waals surface area contributed by atoms with Gasteiger partial charge in [0.2, 0.25) is 5.91 Å². The molecule has 2 N–H and O–H groups in total. The SMILES string of the molecule is CN(CC(=O)Nc1ccc(F)cc1Cl)C1CCCNCC1.Cl. The number of carbonyl (C=O) groups excluding carboxylic acids is 1. The van der Waals surface area contributed by atoms with E-state index in [-0.39, 0.29) is 23.3 Å². The molecule has 0 aliphatic carbocycles. The Bertz CT molecular complexity index is 494. The summed E-state index contributed by atoms with van der Waals surface area (Å²) in [6.07, 6.45) is 3.26. The van der Waals surface area contributed by atoms with Crippen molar-refractivity contribution in [2.45, 2.75) is 25.3 Å². The van der Waals surface area contributed by atoms with Gasteiger partial charge in [-0.25, -0.2) is 4.39 Å². The van der Waals surface area contributed by atoms with E-state index in [1.54, 1.807) is 0 Å². The van der Waals surface area contributed by atoms with Crippen molar-refractivity contribution in [3.8, 4) is 0 Å². The molecule has 1 atom stereocenters. The maximum atomic E-state index is 13.0. The van der Waals surface area contributed by atoms with E-state index < -0.39 is 5.82 Å². The van der Waals surface area contributed by atoms with Crippen LogP contribution in [0.4, 0.5) is 10.1 Å². The van der Waals surface area contributed by atoms with Crippen LogP contribution in [0.3, 0.4) is 0 Å². The molecule has 1 amide bonds. The van der Waals surface area contributed by atoms with Crippen molar-refractivity contribution in [2.75, 3.05) is 32.0 Å². The number of benzene rings is 1. The maximum absolute atomic E-state index is 13.0. The summed E-state index contributed by atoms with van der Waals surface area (Å²) >= 11 is 5.90. The van der Waals surface area contributed by atoms with E-state index in [0.29, 0.717) is 18.3 Å². The van der Waals surface area contributed by atoms with E-state index >= 15 is 0 Å². The van der Waals surface area contributed by atoms with Crippen molar-refractivity contribution in [1.82, 2.24) is 10.2 Å². The van der Waals surface area contributed by atoms with Gasteiger partial charge in [0.1, 0.15) is 5.82 Å². The molecule has 4 nitrogen and oxygen atoms in total. The van der Waals surface area contributed by atoms with E-state index in [1.165, 1.54) is 18.2 Å². The smallest absolute Gasteiger partial charge is 0.238 e. The fraction of sp³-hybridized carbons (Fsp3) is 0.533. The largest absolute Gasteiger partial charge is 0.324 e. The molecule has 1 fully saturated rings. The Morgan fingerprint density at radius 3 is 2.95 bits per heavy atom. The number of likely N-dealkylation sites (N-methyl/N-ethyl adjacent to an activating group) is 1. The molecule has 0 radical (unpaired) electrons. The predicted molar refractivity (Wildman–Crippen MR) is 90.4 cm³/mol. The van der Waals surface area contributed by atoms with Crippen LogP contribution in [0.15, 0.2) is 18.2 Å². The number of carbonyl (C=O) groups is 1. The van der Waals surface area contributed by atoms with Crippen molar-refractivity contribution in [3.63, 3.8) is 0 Å². The van der Waals surface area contributed by atoms with Gasteiger partial charge in [-0.1, -0.05) is 11.6 Å². The van der Waals surface area contributed by atoms with Crippen LogP contribution in [0.2, 0.25) is 5.02 Å². The highest BCUT2D eigenvalue weighted by Crippen LogP contribution is 2.22. The first-order valence-electron chi connectivity index (χ1n) is 7.22. The lowest BCUT2D eigenvalue weighted by atomic mass is 10.1. The van der Waals surface area contributed by atoms with Crippen LogP contribution in [0.5, 0.6) is 0 Å². The van der Waals surface area contributed by atoms with Gasteiger partial charge < -0.3 is 10.6 Å². The van der Waals surface area contributed by atoms with E-state index in [9.17, 15) is 9.18 Å². The van der Waals surface area contributed by atoms with Crippen molar-refractivity contribution >= 4 is 35.6 Å². The number of anilines is 1. The predicted octanol–water partition coefficient (Wildman–Crippen LogP) is 2.91. The van der Waals surface area contributed by atoms with Crippen LogP contribution >= 0.6 is 24.0 Å². The summed E-state index contributed by atoms with van der Waals surface area (Å²) in [5.41, 5.74) is 0.444. The lowest BCUT2D eigenvalue weighted by molar-refractivity contribution is -0.117. The molecule has 0 saturated carbocycles. The molecule has 1 aromatic carbocycles. The minimum atomic E-state index is -0.416. The van der Waals surface area contributed by atoms with Gasteiger partial charge in [-0.3, -0.25) is 9.69 Å². The Hall–Kier alpha value is -0.880. The number of hydrogen-bond acceptors (Lipinski definition) is 3. The van der Waals surface area contributed by atoms with Crippen molar-refractivity contribution in [1.29, 1.82) is 0 Å². The minimum absolute atomic E-state index is 0. The van der Waals surface area contributed by atoms with E-state index in [4.69, 9.17) is 11.6 Å². The molecule has 0 aromatic heterocycles. The first-order chi connectivity index (χ1) is 10.1. The van der Waals surface area contributed by atoms with Gasteiger partial charge >= 0.3 is 0 Å². The molecule has 1 heterocycles. The van der Waals surface area contributed by atoms with Gasteiger partial charge in [-0.05, 0) is 57.6 Å². The van der Waals surface area contributed by atoms with E-state index in [2.05, 4.69) is 15.5 Å². The Morgan fingerprint density at radius 1 is 1.45 bits per heavy atom. The summed E-state index contributed by atoms with van der Waals surface area (Å²) < 4.78 is 13.0. The van der Waals surface area contributed by atoms with Crippen LogP contribution in [-0.2, 0) is 4.79 Å². The summed E-state index contributed by atoms with van der Waals surface area (Å²) in [5, 5.41) is 6.30. The van der Waals surface area contributed by atoms with Crippen LogP contribution in [0, 0.1) is 5.82 Å². The summed E-state index contributed by atoms with van der Waals surface area (Å²) in [7, 11) is 1.96. The lowest BCUT2D eigenvalue weighted by Crippen LogP contribution is -2.38. The average Bonchev–Trinajstić information content (AvgIpc) is 2.71. The fourth-order valence-corrected chi connectivity index (χ4v) is 2.79. The average molecular weight is 350 g/mol. The Kier molecular flexibility index (Phi) is 8.10. The number of halogens is 3. The molecular formula is C15H22Cl2FN3O. The third kappa shape index (κ3) is 5.72. The molecule has 0 bridgehead atoms. The van der Waals surface area contributed by atoms with Crippen LogP contribution in [0.1, 0.15) is 19.3 Å². The van der Waals surface area contributed by atoms with E-state index in [0.717, 1.165) is 32.4 Å². The first-order valence-corrected chi connectivity index (χ1v) is 7.60. The number of nitrogens with zero attached hydrogens (tertiary/aromatic N) is 1. The second-order valence-corrected chi connectivity index (χ2v) is 5.83. The first kappa shape index (κ1) is 19.2.